The van der Waals surface area contributed by atoms with Gasteiger partial charge in [-0.1, -0.05) is 26.0 Å². The number of hydrogen-bond acceptors (Lipinski definition) is 3. The predicted molar refractivity (Wildman–Crippen MR) is 115 cm³/mol. The second kappa shape index (κ2) is 11.2. The summed E-state index contributed by atoms with van der Waals surface area (Å²) in [6, 6.07) is 6.40. The van der Waals surface area contributed by atoms with Gasteiger partial charge in [0.2, 0.25) is 0 Å². The topological polar surface area (TPSA) is 48.9 Å². The van der Waals surface area contributed by atoms with Crippen molar-refractivity contribution in [1.29, 1.82) is 0 Å². The molecule has 0 aromatic heterocycles. The fraction of sp³-hybridized carbons (Fsp3) is 0.682. The zero-order chi connectivity index (χ0) is 19.6. The van der Waals surface area contributed by atoms with Gasteiger partial charge in [-0.05, 0) is 63.7 Å². The van der Waals surface area contributed by atoms with Gasteiger partial charge in [-0.15, -0.1) is 0 Å². The SMILES string of the molecule is CCNC(=NCc1ccc(C)cc1OCCC(C)C)NCC1CCN(C)C1. The van der Waals surface area contributed by atoms with Crippen LogP contribution >= 0.6 is 0 Å². The van der Waals surface area contributed by atoms with Crippen molar-refractivity contribution >= 4 is 5.96 Å². The molecule has 2 rings (SSSR count). The van der Waals surface area contributed by atoms with Gasteiger partial charge >= 0.3 is 0 Å². The Bertz CT molecular complexity index is 600. The summed E-state index contributed by atoms with van der Waals surface area (Å²) in [4.78, 5) is 7.19. The normalized spacial score (nSPS) is 18.1. The zero-order valence-electron chi connectivity index (χ0n) is 17.8. The monoisotopic (exact) mass is 374 g/mol. The summed E-state index contributed by atoms with van der Waals surface area (Å²) in [5.41, 5.74) is 2.36. The number of benzene rings is 1. The summed E-state index contributed by atoms with van der Waals surface area (Å²) in [6.45, 7) is 14.2. The summed E-state index contributed by atoms with van der Waals surface area (Å²) in [5, 5.41) is 6.88. The Labute approximate surface area is 165 Å². The van der Waals surface area contributed by atoms with Gasteiger partial charge in [-0.2, -0.15) is 0 Å². The molecule has 0 aliphatic carbocycles. The third kappa shape index (κ3) is 7.79. The van der Waals surface area contributed by atoms with Crippen LogP contribution in [0.3, 0.4) is 0 Å². The van der Waals surface area contributed by atoms with Crippen LogP contribution in [0.5, 0.6) is 5.75 Å². The summed E-state index contributed by atoms with van der Waals surface area (Å²) >= 11 is 0. The Hall–Kier alpha value is -1.75. The number of hydrogen-bond donors (Lipinski definition) is 2. The maximum Gasteiger partial charge on any atom is 0.191 e. The second-order valence-corrected chi connectivity index (χ2v) is 8.14. The van der Waals surface area contributed by atoms with Crippen LogP contribution in [-0.2, 0) is 6.54 Å². The first-order valence-electron chi connectivity index (χ1n) is 10.4. The first kappa shape index (κ1) is 21.5. The van der Waals surface area contributed by atoms with Crippen molar-refractivity contribution in [3.8, 4) is 5.75 Å². The van der Waals surface area contributed by atoms with E-state index >= 15 is 0 Å². The third-order valence-corrected chi connectivity index (χ3v) is 4.97. The molecule has 0 spiro atoms. The third-order valence-electron chi connectivity index (χ3n) is 4.97. The Balaban J connectivity index is 1.96. The van der Waals surface area contributed by atoms with E-state index in [4.69, 9.17) is 9.73 Å². The summed E-state index contributed by atoms with van der Waals surface area (Å²) in [7, 11) is 2.19. The maximum absolute atomic E-state index is 6.06. The minimum Gasteiger partial charge on any atom is -0.493 e. The molecule has 1 unspecified atom stereocenters. The van der Waals surface area contributed by atoms with E-state index < -0.39 is 0 Å². The maximum atomic E-state index is 6.06. The lowest BCUT2D eigenvalue weighted by molar-refractivity contribution is 0.287. The molecule has 1 aromatic rings. The molecule has 5 nitrogen and oxygen atoms in total. The molecule has 0 amide bonds. The van der Waals surface area contributed by atoms with Gasteiger partial charge in [-0.25, -0.2) is 4.99 Å². The van der Waals surface area contributed by atoms with Gasteiger partial charge in [0, 0.05) is 25.2 Å². The molecule has 152 valence electrons. The summed E-state index contributed by atoms with van der Waals surface area (Å²) in [6.07, 6.45) is 2.32. The molecule has 1 atom stereocenters. The number of rotatable bonds is 9. The molecular formula is C22H38N4O. The van der Waals surface area contributed by atoms with Crippen molar-refractivity contribution in [3.05, 3.63) is 29.3 Å². The number of ether oxygens (including phenoxy) is 1. The Morgan fingerprint density at radius 1 is 1.33 bits per heavy atom. The fourth-order valence-electron chi connectivity index (χ4n) is 3.27. The van der Waals surface area contributed by atoms with Crippen LogP contribution in [0.25, 0.3) is 0 Å². The van der Waals surface area contributed by atoms with E-state index in [1.807, 2.05) is 0 Å². The molecule has 1 fully saturated rings. The van der Waals surface area contributed by atoms with Crippen molar-refractivity contribution < 1.29 is 4.74 Å². The number of nitrogens with one attached hydrogen (secondary N) is 2. The average molecular weight is 375 g/mol. The van der Waals surface area contributed by atoms with E-state index in [0.29, 0.717) is 18.4 Å². The number of aryl methyl sites for hydroxylation is 1. The number of aliphatic imine (C=N–C) groups is 1. The highest BCUT2D eigenvalue weighted by Gasteiger charge is 2.19. The van der Waals surface area contributed by atoms with E-state index in [1.54, 1.807) is 0 Å². The van der Waals surface area contributed by atoms with E-state index in [-0.39, 0.29) is 0 Å². The molecule has 1 aromatic carbocycles. The van der Waals surface area contributed by atoms with Gasteiger partial charge < -0.3 is 20.3 Å². The summed E-state index contributed by atoms with van der Waals surface area (Å²) in [5.74, 6) is 3.21. The van der Waals surface area contributed by atoms with Crippen LogP contribution in [0, 0.1) is 18.8 Å². The van der Waals surface area contributed by atoms with E-state index in [1.165, 1.54) is 18.5 Å². The molecule has 2 N–H and O–H groups in total. The van der Waals surface area contributed by atoms with Crippen LogP contribution in [0.4, 0.5) is 0 Å². The molecular weight excluding hydrogens is 336 g/mol. The minimum atomic E-state index is 0.622. The first-order chi connectivity index (χ1) is 13.0. The number of nitrogens with zero attached hydrogens (tertiary/aromatic N) is 2. The molecule has 0 saturated carbocycles. The fourth-order valence-corrected chi connectivity index (χ4v) is 3.27. The molecule has 1 heterocycles. The highest BCUT2D eigenvalue weighted by atomic mass is 16.5. The molecule has 1 aliphatic rings. The van der Waals surface area contributed by atoms with Gasteiger partial charge in [0.1, 0.15) is 5.75 Å². The average Bonchev–Trinajstić information content (AvgIpc) is 3.03. The Morgan fingerprint density at radius 3 is 2.81 bits per heavy atom. The summed E-state index contributed by atoms with van der Waals surface area (Å²) < 4.78 is 6.06. The second-order valence-electron chi connectivity index (χ2n) is 8.14. The number of likely N-dealkylation sites (tertiary alicyclic amines) is 1. The largest absolute Gasteiger partial charge is 0.493 e. The first-order valence-corrected chi connectivity index (χ1v) is 10.4. The zero-order valence-corrected chi connectivity index (χ0v) is 17.8. The van der Waals surface area contributed by atoms with Crippen molar-refractivity contribution in [2.75, 3.05) is 39.8 Å². The van der Waals surface area contributed by atoms with Gasteiger partial charge in [0.15, 0.2) is 5.96 Å². The van der Waals surface area contributed by atoms with Crippen LogP contribution in [-0.4, -0.2) is 50.7 Å². The molecule has 0 bridgehead atoms. The smallest absolute Gasteiger partial charge is 0.191 e. The van der Waals surface area contributed by atoms with Crippen molar-refractivity contribution in [2.45, 2.75) is 47.1 Å². The van der Waals surface area contributed by atoms with Crippen molar-refractivity contribution in [1.82, 2.24) is 15.5 Å². The van der Waals surface area contributed by atoms with E-state index in [9.17, 15) is 0 Å². The van der Waals surface area contributed by atoms with Crippen LogP contribution in [0.2, 0.25) is 0 Å². The van der Waals surface area contributed by atoms with E-state index in [2.05, 4.69) is 68.5 Å². The van der Waals surface area contributed by atoms with Crippen LogP contribution < -0.4 is 15.4 Å². The molecule has 5 heteroatoms. The molecule has 1 saturated heterocycles. The number of guanidine groups is 1. The quantitative estimate of drug-likeness (QED) is 0.514. The lowest BCUT2D eigenvalue weighted by atomic mass is 10.1. The van der Waals surface area contributed by atoms with Gasteiger partial charge in [-0.3, -0.25) is 0 Å². The van der Waals surface area contributed by atoms with Crippen LogP contribution in [0.1, 0.15) is 44.7 Å². The highest BCUT2D eigenvalue weighted by Crippen LogP contribution is 2.22. The predicted octanol–water partition coefficient (Wildman–Crippen LogP) is 3.43. The lowest BCUT2D eigenvalue weighted by Gasteiger charge is -2.16. The van der Waals surface area contributed by atoms with Gasteiger partial charge in [0.05, 0.1) is 13.2 Å². The van der Waals surface area contributed by atoms with Crippen molar-refractivity contribution in [2.24, 2.45) is 16.8 Å². The minimum absolute atomic E-state index is 0.622. The molecule has 0 radical (unpaired) electrons. The van der Waals surface area contributed by atoms with Crippen LogP contribution in [0.15, 0.2) is 23.2 Å². The lowest BCUT2D eigenvalue weighted by Crippen LogP contribution is -2.40. The van der Waals surface area contributed by atoms with Crippen molar-refractivity contribution in [3.63, 3.8) is 0 Å². The molecule has 27 heavy (non-hydrogen) atoms. The highest BCUT2D eigenvalue weighted by molar-refractivity contribution is 5.79. The van der Waals surface area contributed by atoms with E-state index in [0.717, 1.165) is 49.9 Å². The standard InChI is InChI=1S/C22H38N4O/c1-6-23-22(24-14-19-9-11-26(5)16-19)25-15-20-8-7-18(4)13-21(20)27-12-10-17(2)3/h7-8,13,17,19H,6,9-12,14-16H2,1-5H3,(H2,23,24,25). The van der Waals surface area contributed by atoms with Gasteiger partial charge in [0.25, 0.3) is 0 Å². The Morgan fingerprint density at radius 2 is 2.15 bits per heavy atom. The molecule has 1 aliphatic heterocycles. The Kier molecular flexibility index (Phi) is 8.92.